The van der Waals surface area contributed by atoms with Gasteiger partial charge in [-0.2, -0.15) is 0 Å². The molecule has 10 heteroatoms. The molecule has 0 aromatic carbocycles. The van der Waals surface area contributed by atoms with Crippen LogP contribution in [0.3, 0.4) is 0 Å². The van der Waals surface area contributed by atoms with Crippen molar-refractivity contribution in [2.75, 3.05) is 4.72 Å². The zero-order chi connectivity index (χ0) is 15.1. The molecule has 0 unspecified atom stereocenters. The Morgan fingerprint density at radius 1 is 1.10 bits per heavy atom. The maximum Gasteiger partial charge on any atom is 0.274 e. The van der Waals surface area contributed by atoms with Crippen LogP contribution in [0.25, 0.3) is 0 Å². The third-order valence-electron chi connectivity index (χ3n) is 2.31. The zero-order valence-electron chi connectivity index (χ0n) is 10.2. The monoisotopic (exact) mass is 371 g/mol. The molecule has 0 saturated carbocycles. The first-order valence-corrected chi connectivity index (χ1v) is 8.62. The first-order chi connectivity index (χ1) is 9.20. The van der Waals surface area contributed by atoms with Gasteiger partial charge in [-0.25, -0.2) is 18.4 Å². The predicted molar refractivity (Wildman–Crippen MR) is 81.7 cm³/mol. The van der Waals surface area contributed by atoms with E-state index in [1.807, 2.05) is 0 Å². The van der Waals surface area contributed by atoms with Crippen molar-refractivity contribution in [3.05, 3.63) is 32.0 Å². The van der Waals surface area contributed by atoms with Crippen LogP contribution in [0.2, 0.25) is 14.5 Å². The number of hydrogen-bond donors (Lipinski definition) is 1. The molecule has 2 rings (SSSR count). The Labute approximate surface area is 135 Å². The van der Waals surface area contributed by atoms with E-state index in [-0.39, 0.29) is 19.5 Å². The number of hydrogen-bond acceptors (Lipinski definition) is 5. The van der Waals surface area contributed by atoms with E-state index < -0.39 is 10.0 Å². The van der Waals surface area contributed by atoms with Gasteiger partial charge in [0.1, 0.15) is 0 Å². The quantitative estimate of drug-likeness (QED) is 0.886. The van der Waals surface area contributed by atoms with E-state index in [4.69, 9.17) is 34.8 Å². The maximum atomic E-state index is 12.3. The first-order valence-electron chi connectivity index (χ1n) is 5.19. The summed E-state index contributed by atoms with van der Waals surface area (Å²) in [4.78, 5) is 7.88. The van der Waals surface area contributed by atoms with Crippen LogP contribution in [0.4, 0.5) is 5.82 Å². The molecule has 0 saturated heterocycles. The molecule has 0 aliphatic carbocycles. The summed E-state index contributed by atoms with van der Waals surface area (Å²) in [5.41, 5.74) is 0.780. The SMILES string of the molecule is Cc1nc(NS(=O)(=O)c2sc(Cl)nc2C)c(Cl)cc1Cl. The highest BCUT2D eigenvalue weighted by Crippen LogP contribution is 2.31. The van der Waals surface area contributed by atoms with Gasteiger partial charge in [0, 0.05) is 0 Å². The number of nitrogens with one attached hydrogen (secondary N) is 1. The van der Waals surface area contributed by atoms with Crippen LogP contribution in [-0.2, 0) is 10.0 Å². The van der Waals surface area contributed by atoms with Gasteiger partial charge < -0.3 is 0 Å². The Bertz CT molecular complexity index is 774. The van der Waals surface area contributed by atoms with E-state index in [0.717, 1.165) is 11.3 Å². The van der Waals surface area contributed by atoms with Crippen LogP contribution in [0.1, 0.15) is 11.4 Å². The molecule has 1 N–H and O–H groups in total. The number of sulfonamides is 1. The topological polar surface area (TPSA) is 72.0 Å². The number of aromatic nitrogens is 2. The van der Waals surface area contributed by atoms with E-state index >= 15 is 0 Å². The molecule has 0 fully saturated rings. The molecule has 20 heavy (non-hydrogen) atoms. The molecule has 0 spiro atoms. The second kappa shape index (κ2) is 5.65. The largest absolute Gasteiger partial charge is 0.274 e. The summed E-state index contributed by atoms with van der Waals surface area (Å²) in [6, 6.07) is 1.43. The third kappa shape index (κ3) is 3.17. The van der Waals surface area contributed by atoms with Crippen LogP contribution in [-0.4, -0.2) is 18.4 Å². The fraction of sp³-hybridized carbons (Fsp3) is 0.200. The van der Waals surface area contributed by atoms with Crippen molar-refractivity contribution in [1.29, 1.82) is 0 Å². The number of rotatable bonds is 3. The lowest BCUT2D eigenvalue weighted by molar-refractivity contribution is 0.602. The van der Waals surface area contributed by atoms with Gasteiger partial charge in [0.2, 0.25) is 0 Å². The minimum absolute atomic E-state index is 0.0116. The van der Waals surface area contributed by atoms with E-state index in [2.05, 4.69) is 14.7 Å². The highest BCUT2D eigenvalue weighted by molar-refractivity contribution is 7.94. The number of halogens is 3. The van der Waals surface area contributed by atoms with Crippen LogP contribution in [0, 0.1) is 13.8 Å². The fourth-order valence-electron chi connectivity index (χ4n) is 1.40. The molecule has 2 heterocycles. The minimum Gasteiger partial charge on any atom is -0.261 e. The normalized spacial score (nSPS) is 11.7. The lowest BCUT2D eigenvalue weighted by Crippen LogP contribution is -2.14. The molecule has 0 aliphatic heterocycles. The molecule has 108 valence electrons. The van der Waals surface area contributed by atoms with Gasteiger partial charge in [-0.05, 0) is 19.9 Å². The van der Waals surface area contributed by atoms with Crippen molar-refractivity contribution in [3.63, 3.8) is 0 Å². The summed E-state index contributed by atoms with van der Waals surface area (Å²) in [5, 5.41) is 0.465. The van der Waals surface area contributed by atoms with Gasteiger partial charge >= 0.3 is 0 Å². The number of anilines is 1. The van der Waals surface area contributed by atoms with Gasteiger partial charge in [0.05, 0.1) is 21.4 Å². The number of thiazole rings is 1. The molecule has 0 atom stereocenters. The minimum atomic E-state index is -3.84. The summed E-state index contributed by atoms with van der Waals surface area (Å²) in [7, 11) is -3.84. The second-order valence-electron chi connectivity index (χ2n) is 3.83. The summed E-state index contributed by atoms with van der Waals surface area (Å²) in [6.07, 6.45) is 0. The third-order valence-corrected chi connectivity index (χ3v) is 6.19. The Morgan fingerprint density at radius 2 is 1.75 bits per heavy atom. The van der Waals surface area contributed by atoms with Crippen LogP contribution in [0.15, 0.2) is 10.3 Å². The highest BCUT2D eigenvalue weighted by atomic mass is 35.5. The zero-order valence-corrected chi connectivity index (χ0v) is 14.1. The van der Waals surface area contributed by atoms with Crippen LogP contribution >= 0.6 is 46.1 Å². The molecule has 0 amide bonds. The van der Waals surface area contributed by atoms with Crippen molar-refractivity contribution in [2.24, 2.45) is 0 Å². The van der Waals surface area contributed by atoms with Crippen molar-refractivity contribution in [3.8, 4) is 0 Å². The maximum absolute atomic E-state index is 12.3. The Balaban J connectivity index is 2.43. The van der Waals surface area contributed by atoms with E-state index in [1.165, 1.54) is 6.07 Å². The van der Waals surface area contributed by atoms with Gasteiger partial charge in [-0.1, -0.05) is 46.1 Å². The molecule has 2 aromatic heterocycles. The number of pyridine rings is 1. The summed E-state index contributed by atoms with van der Waals surface area (Å²) < 4.78 is 27.0. The smallest absolute Gasteiger partial charge is 0.261 e. The summed E-state index contributed by atoms with van der Waals surface area (Å²) >= 11 is 18.3. The molecule has 0 aliphatic rings. The summed E-state index contributed by atoms with van der Waals surface area (Å²) in [5.74, 6) is 0.0116. The van der Waals surface area contributed by atoms with E-state index in [9.17, 15) is 8.42 Å². The van der Waals surface area contributed by atoms with Crippen molar-refractivity contribution < 1.29 is 8.42 Å². The average Bonchev–Trinajstić information content (AvgIpc) is 2.66. The molecule has 5 nitrogen and oxygen atoms in total. The molecule has 0 radical (unpaired) electrons. The Kier molecular flexibility index (Phi) is 4.46. The number of nitrogens with zero attached hydrogens (tertiary/aromatic N) is 2. The second-order valence-corrected chi connectivity index (χ2v) is 8.10. The molecular formula is C10H8Cl3N3O2S2. The predicted octanol–water partition coefficient (Wildman–Crippen LogP) is 3.92. The van der Waals surface area contributed by atoms with Gasteiger partial charge in [0.25, 0.3) is 10.0 Å². The Morgan fingerprint density at radius 3 is 2.30 bits per heavy atom. The van der Waals surface area contributed by atoms with Gasteiger partial charge in [-0.3, -0.25) is 4.72 Å². The van der Waals surface area contributed by atoms with E-state index in [0.29, 0.717) is 16.4 Å². The summed E-state index contributed by atoms with van der Waals surface area (Å²) in [6.45, 7) is 3.20. The van der Waals surface area contributed by atoms with E-state index in [1.54, 1.807) is 13.8 Å². The molecular weight excluding hydrogens is 365 g/mol. The van der Waals surface area contributed by atoms with Gasteiger partial charge in [0.15, 0.2) is 14.5 Å². The van der Waals surface area contributed by atoms with Crippen LogP contribution < -0.4 is 4.72 Å². The van der Waals surface area contributed by atoms with Gasteiger partial charge in [-0.15, -0.1) is 0 Å². The van der Waals surface area contributed by atoms with Crippen molar-refractivity contribution in [1.82, 2.24) is 9.97 Å². The molecule has 0 bridgehead atoms. The van der Waals surface area contributed by atoms with Crippen LogP contribution in [0.5, 0.6) is 0 Å². The molecule has 2 aromatic rings. The van der Waals surface area contributed by atoms with Crippen molar-refractivity contribution >= 4 is 62.0 Å². The average molecular weight is 373 g/mol. The standard InChI is InChI=1S/C10H8Cl3N3O2S2/c1-4-6(11)3-7(12)8(14-4)16-20(17,18)9-5(2)15-10(13)19-9/h3H,1-2H3,(H,14,16). The Hall–Kier alpha value is -0.600. The fourth-order valence-corrected chi connectivity index (χ4v) is 4.63. The van der Waals surface area contributed by atoms with Crippen molar-refractivity contribution in [2.45, 2.75) is 18.1 Å². The highest BCUT2D eigenvalue weighted by Gasteiger charge is 2.23. The first kappa shape index (κ1) is 15.8. The lowest BCUT2D eigenvalue weighted by atomic mass is 10.4. The number of aryl methyl sites for hydroxylation is 2. The lowest BCUT2D eigenvalue weighted by Gasteiger charge is -2.09.